The maximum absolute atomic E-state index is 12.7. The number of carboxylic acids is 1. The number of hydrogen-bond donors (Lipinski definition) is 2. The molecule has 1 aromatic carbocycles. The molecule has 0 saturated heterocycles. The van der Waals surface area contributed by atoms with Crippen molar-refractivity contribution in [1.82, 2.24) is 4.98 Å². The van der Waals surface area contributed by atoms with E-state index in [1.807, 2.05) is 24.3 Å². The zero-order valence-electron chi connectivity index (χ0n) is 15.8. The molecule has 1 fully saturated rings. The molecule has 28 heavy (non-hydrogen) atoms. The number of nitrogens with one attached hydrogen (secondary N) is 1. The van der Waals surface area contributed by atoms with Crippen molar-refractivity contribution in [1.29, 1.82) is 0 Å². The molecule has 3 rings (SSSR count). The van der Waals surface area contributed by atoms with Crippen molar-refractivity contribution in [3.8, 4) is 0 Å². The van der Waals surface area contributed by atoms with Gasteiger partial charge in [-0.15, -0.1) is 0 Å². The molecule has 1 heterocycles. The minimum absolute atomic E-state index is 0.133. The van der Waals surface area contributed by atoms with Gasteiger partial charge in [0.05, 0.1) is 0 Å². The second-order valence-corrected chi connectivity index (χ2v) is 10.5. The van der Waals surface area contributed by atoms with Crippen molar-refractivity contribution in [2.75, 3.05) is 11.9 Å². The molecule has 1 aliphatic rings. The predicted molar refractivity (Wildman–Crippen MR) is 115 cm³/mol. The summed E-state index contributed by atoms with van der Waals surface area (Å²) in [5.41, 5.74) is 0.817. The van der Waals surface area contributed by atoms with Crippen LogP contribution in [0.4, 0.5) is 5.82 Å². The number of rotatable bonds is 9. The van der Waals surface area contributed by atoms with Crippen molar-refractivity contribution in [2.45, 2.75) is 51.4 Å². The Labute approximate surface area is 176 Å². The molecule has 7 heteroatoms. The second-order valence-electron chi connectivity index (χ2n) is 7.37. The number of nitrogens with zero attached hydrogens (tertiary/aromatic N) is 1. The van der Waals surface area contributed by atoms with E-state index >= 15 is 0 Å². The first-order valence-electron chi connectivity index (χ1n) is 9.87. The van der Waals surface area contributed by atoms with Crippen LogP contribution in [0.5, 0.6) is 0 Å². The molecule has 1 unspecified atom stereocenters. The zero-order valence-corrected chi connectivity index (χ0v) is 18.7. The molecule has 1 saturated carbocycles. The van der Waals surface area contributed by atoms with Gasteiger partial charge >= 0.3 is 177 Å². The van der Waals surface area contributed by atoms with Gasteiger partial charge in [-0.1, -0.05) is 0 Å². The van der Waals surface area contributed by atoms with Gasteiger partial charge in [-0.2, -0.15) is 0 Å². The molecule has 0 amide bonds. The Morgan fingerprint density at radius 1 is 1.18 bits per heavy atom. The Kier molecular flexibility index (Phi) is 7.75. The summed E-state index contributed by atoms with van der Waals surface area (Å²) < 4.78 is 1.35. The molecule has 2 aromatic rings. The molecule has 150 valence electrons. The van der Waals surface area contributed by atoms with Crippen LogP contribution in [0.15, 0.2) is 24.3 Å². The number of pyridine rings is 1. The van der Waals surface area contributed by atoms with Gasteiger partial charge in [0.2, 0.25) is 0 Å². The van der Waals surface area contributed by atoms with Gasteiger partial charge in [0.1, 0.15) is 0 Å². The molecule has 1 aromatic heterocycles. The zero-order chi connectivity index (χ0) is 19.9. The Balaban J connectivity index is 1.68. The van der Waals surface area contributed by atoms with E-state index in [2.05, 4.69) is 10.3 Å². The molecule has 5 nitrogen and oxygen atoms in total. The standard InChI is InChI=1S/C21H26AsClN2O3/c23-16-9-10-17-15(8-11-19(25-17)24-12-4-7-20(27)28)21(16)22-18(26)13-14-5-2-1-3-6-14/h8-11,14,22H,1-7,12-13H2,(H,24,25)(H,27,28). The number of anilines is 1. The molecule has 1 aliphatic carbocycles. The third-order valence-corrected chi connectivity index (χ3v) is 8.47. The Morgan fingerprint density at radius 2 is 1.96 bits per heavy atom. The van der Waals surface area contributed by atoms with Crippen LogP contribution in [0.1, 0.15) is 51.4 Å². The van der Waals surface area contributed by atoms with Crippen LogP contribution in [0.3, 0.4) is 0 Å². The summed E-state index contributed by atoms with van der Waals surface area (Å²) in [6, 6.07) is 7.56. The van der Waals surface area contributed by atoms with Crippen molar-refractivity contribution >= 4 is 59.0 Å². The van der Waals surface area contributed by atoms with Crippen LogP contribution in [-0.2, 0) is 9.59 Å². The van der Waals surface area contributed by atoms with Gasteiger partial charge < -0.3 is 0 Å². The van der Waals surface area contributed by atoms with E-state index in [9.17, 15) is 9.59 Å². The van der Waals surface area contributed by atoms with E-state index < -0.39 is 21.7 Å². The number of carbonyl (C=O) groups is 2. The first-order chi connectivity index (χ1) is 13.5. The van der Waals surface area contributed by atoms with Crippen molar-refractivity contribution in [2.24, 2.45) is 5.92 Å². The van der Waals surface area contributed by atoms with Gasteiger partial charge in [-0.05, 0) is 0 Å². The van der Waals surface area contributed by atoms with E-state index in [0.29, 0.717) is 40.7 Å². The van der Waals surface area contributed by atoms with Crippen molar-refractivity contribution in [3.05, 3.63) is 29.3 Å². The van der Waals surface area contributed by atoms with Crippen LogP contribution in [0.2, 0.25) is 5.02 Å². The van der Waals surface area contributed by atoms with Gasteiger partial charge in [-0.3, -0.25) is 0 Å². The average Bonchev–Trinajstić information content (AvgIpc) is 2.68. The van der Waals surface area contributed by atoms with Gasteiger partial charge in [-0.25, -0.2) is 0 Å². The van der Waals surface area contributed by atoms with Crippen LogP contribution in [-0.4, -0.2) is 42.9 Å². The van der Waals surface area contributed by atoms with E-state index in [1.54, 1.807) is 0 Å². The summed E-state index contributed by atoms with van der Waals surface area (Å²) in [5.74, 6) is 0.466. The van der Waals surface area contributed by atoms with Crippen LogP contribution >= 0.6 is 11.6 Å². The van der Waals surface area contributed by atoms with Crippen molar-refractivity contribution in [3.63, 3.8) is 0 Å². The number of carboxylic acid groups (broad SMARTS) is 1. The summed E-state index contributed by atoms with van der Waals surface area (Å²) >= 11 is 5.47. The molecule has 0 radical (unpaired) electrons. The minimum atomic E-state index is -0.974. The molecule has 0 spiro atoms. The maximum atomic E-state index is 12.7. The van der Waals surface area contributed by atoms with Crippen LogP contribution < -0.4 is 9.67 Å². The number of aromatic nitrogens is 1. The van der Waals surface area contributed by atoms with Crippen molar-refractivity contribution < 1.29 is 14.7 Å². The Bertz CT molecular complexity index is 853. The van der Waals surface area contributed by atoms with E-state index in [1.165, 1.54) is 32.1 Å². The van der Waals surface area contributed by atoms with Crippen LogP contribution in [0, 0.1) is 5.92 Å². The third-order valence-electron chi connectivity index (χ3n) is 5.16. The Hall–Kier alpha value is -1.58. The second kappa shape index (κ2) is 10.3. The van der Waals surface area contributed by atoms with Crippen LogP contribution in [0.25, 0.3) is 10.9 Å². The average molecular weight is 465 g/mol. The van der Waals surface area contributed by atoms with Gasteiger partial charge in [0, 0.05) is 0 Å². The van der Waals surface area contributed by atoms with E-state index in [-0.39, 0.29) is 6.42 Å². The first kappa shape index (κ1) is 21.1. The number of aliphatic carboxylic acids is 1. The SMILES string of the molecule is O=C(O)CCCNc1ccc2c([AsH]C(=O)CC3CCCCC3)c(Cl)ccc2n1. The number of carbonyl (C=O) groups excluding carboxylic acids is 1. The predicted octanol–water partition coefficient (Wildman–Crippen LogP) is 3.72. The third kappa shape index (κ3) is 5.96. The summed E-state index contributed by atoms with van der Waals surface area (Å²) in [4.78, 5) is 27.9. The number of halogens is 1. The number of hydrogen-bond acceptors (Lipinski definition) is 4. The van der Waals surface area contributed by atoms with Gasteiger partial charge in [0.15, 0.2) is 0 Å². The fraction of sp³-hybridized carbons (Fsp3) is 0.476. The number of fused-ring (bicyclic) bond motifs is 1. The Morgan fingerprint density at radius 3 is 2.71 bits per heavy atom. The summed E-state index contributed by atoms with van der Waals surface area (Å²) in [5, 5.41) is 13.5. The summed E-state index contributed by atoms with van der Waals surface area (Å²) in [7, 11) is 0. The molecular formula is C21H26AsClN2O3. The fourth-order valence-corrected chi connectivity index (χ4v) is 6.67. The molecule has 1 atom stereocenters. The summed E-state index contributed by atoms with van der Waals surface area (Å²) in [6.45, 7) is 0.555. The first-order valence-corrected chi connectivity index (χ1v) is 12.4. The fourth-order valence-electron chi connectivity index (χ4n) is 3.70. The molecule has 0 bridgehead atoms. The molecule has 2 N–H and O–H groups in total. The van der Waals surface area contributed by atoms with E-state index in [0.717, 1.165) is 15.3 Å². The van der Waals surface area contributed by atoms with Gasteiger partial charge in [0.25, 0.3) is 0 Å². The molecule has 0 aliphatic heterocycles. The monoisotopic (exact) mass is 464 g/mol. The normalized spacial score (nSPS) is 15.3. The summed E-state index contributed by atoms with van der Waals surface area (Å²) in [6.07, 6.45) is 7.53. The number of benzene rings is 1. The quantitative estimate of drug-likeness (QED) is 0.437. The molecular weight excluding hydrogens is 439 g/mol. The van der Waals surface area contributed by atoms with E-state index in [4.69, 9.17) is 16.7 Å². The topological polar surface area (TPSA) is 79.3 Å².